The summed E-state index contributed by atoms with van der Waals surface area (Å²) in [6, 6.07) is 0. The second-order valence-electron chi connectivity index (χ2n) is 1.25. The molecule has 0 atom stereocenters. The molecule has 0 aliphatic rings. The predicted octanol–water partition coefficient (Wildman–Crippen LogP) is -3.01. The third kappa shape index (κ3) is 57.1. The Hall–Kier alpha value is 0.517. The monoisotopic (exact) mass is 125 g/mol. The Balaban J connectivity index is -0.0000000800. The molecule has 0 aliphatic carbocycles. The van der Waals surface area contributed by atoms with E-state index in [4.69, 9.17) is 5.11 Å². The fourth-order valence-electron chi connectivity index (χ4n) is 0.250. The van der Waals surface area contributed by atoms with Gasteiger partial charge in [-0.2, -0.15) is 0 Å². The maximum absolute atomic E-state index is 8.93. The summed E-state index contributed by atoms with van der Waals surface area (Å²) >= 11 is 0. The maximum Gasteiger partial charge on any atom is 1.00 e. The molecule has 0 rings (SSSR count). The molecule has 0 saturated carbocycles. The van der Waals surface area contributed by atoms with Gasteiger partial charge in [-0.1, -0.05) is 20.8 Å². The van der Waals surface area contributed by atoms with Gasteiger partial charge >= 0.3 is 18.9 Å². The van der Waals surface area contributed by atoms with Crippen LogP contribution in [0.3, 0.4) is 0 Å². The molecule has 0 unspecified atom stereocenters. The first-order valence-corrected chi connectivity index (χ1v) is 3.12. The quantitative estimate of drug-likeness (QED) is 0.399. The zero-order valence-electron chi connectivity index (χ0n) is 7.03. The summed E-state index contributed by atoms with van der Waals surface area (Å²) in [5.74, 6) is 0. The van der Waals surface area contributed by atoms with Crippen molar-refractivity contribution in [1.29, 1.82) is 0 Å². The molecule has 0 bridgehead atoms. The Labute approximate surface area is 70.2 Å². The van der Waals surface area contributed by atoms with Crippen molar-refractivity contribution in [2.75, 3.05) is 19.7 Å². The molecule has 0 saturated heterocycles. The molecule has 9 heavy (non-hydrogen) atoms. The summed E-state index contributed by atoms with van der Waals surface area (Å²) in [5, 5.41) is 12.0. The number of hydrogen-bond acceptors (Lipinski definition) is 2. The molecular formula is C6H16LiNO. The molecule has 0 aromatic heterocycles. The standard InChI is InChI=1S/C4H11N.C2H5O.Li/c1-3-5-4-2;1-2-3;/h5H,3-4H2,1-2H3;2H2,1H3;/q;-1;+1. The van der Waals surface area contributed by atoms with Gasteiger partial charge in [0.25, 0.3) is 0 Å². The first-order valence-electron chi connectivity index (χ1n) is 3.12. The Kier molecular flexibility index (Phi) is 42.6. The molecule has 0 aromatic rings. The Bertz CT molecular complexity index is 27.0. The summed E-state index contributed by atoms with van der Waals surface area (Å²) in [5.41, 5.74) is 0. The van der Waals surface area contributed by atoms with Crippen LogP contribution in [-0.2, 0) is 0 Å². The largest absolute Gasteiger partial charge is 1.00 e. The summed E-state index contributed by atoms with van der Waals surface area (Å²) in [6.45, 7) is 7.96. The summed E-state index contributed by atoms with van der Waals surface area (Å²) < 4.78 is 0. The molecule has 0 heterocycles. The second kappa shape index (κ2) is 23.6. The van der Waals surface area contributed by atoms with Gasteiger partial charge in [0.05, 0.1) is 0 Å². The summed E-state index contributed by atoms with van der Waals surface area (Å²) in [6.07, 6.45) is 0. The molecule has 0 aliphatic heterocycles. The van der Waals surface area contributed by atoms with Crippen LogP contribution >= 0.6 is 0 Å². The maximum atomic E-state index is 8.93. The van der Waals surface area contributed by atoms with Crippen molar-refractivity contribution in [2.45, 2.75) is 20.8 Å². The van der Waals surface area contributed by atoms with Crippen molar-refractivity contribution in [3.8, 4) is 0 Å². The van der Waals surface area contributed by atoms with Crippen LogP contribution in [0.25, 0.3) is 0 Å². The van der Waals surface area contributed by atoms with E-state index in [0.29, 0.717) is 0 Å². The van der Waals surface area contributed by atoms with E-state index >= 15 is 0 Å². The Morgan fingerprint density at radius 3 is 1.33 bits per heavy atom. The van der Waals surface area contributed by atoms with Crippen LogP contribution in [-0.4, -0.2) is 19.7 Å². The summed E-state index contributed by atoms with van der Waals surface area (Å²) in [7, 11) is 0. The van der Waals surface area contributed by atoms with Crippen molar-refractivity contribution in [2.24, 2.45) is 0 Å². The van der Waals surface area contributed by atoms with Gasteiger partial charge in [0.1, 0.15) is 0 Å². The van der Waals surface area contributed by atoms with E-state index in [2.05, 4.69) is 19.2 Å². The predicted molar refractivity (Wildman–Crippen MR) is 34.8 cm³/mol. The zero-order chi connectivity index (χ0) is 6.83. The molecule has 0 spiro atoms. The van der Waals surface area contributed by atoms with Gasteiger partial charge in [-0.15, -0.1) is 6.61 Å². The van der Waals surface area contributed by atoms with Gasteiger partial charge in [-0.25, -0.2) is 0 Å². The SMILES string of the molecule is CCNCC.CC[O-].[Li+]. The first-order chi connectivity index (χ1) is 3.83. The smallest absolute Gasteiger partial charge is 0.855 e. The average molecular weight is 125 g/mol. The Morgan fingerprint density at radius 2 is 1.33 bits per heavy atom. The third-order valence-electron chi connectivity index (χ3n) is 0.500. The summed E-state index contributed by atoms with van der Waals surface area (Å²) in [4.78, 5) is 0. The average Bonchev–Trinajstić information content (AvgIpc) is 1.71. The molecule has 0 aromatic carbocycles. The minimum Gasteiger partial charge on any atom is -0.855 e. The van der Waals surface area contributed by atoms with Gasteiger partial charge in [-0.3, -0.25) is 0 Å². The molecule has 0 fully saturated rings. The van der Waals surface area contributed by atoms with E-state index < -0.39 is 0 Å². The molecule has 0 radical (unpaired) electrons. The van der Waals surface area contributed by atoms with Crippen molar-refractivity contribution < 1.29 is 24.0 Å². The van der Waals surface area contributed by atoms with Gasteiger partial charge in [0.15, 0.2) is 0 Å². The fourth-order valence-corrected chi connectivity index (χ4v) is 0.250. The topological polar surface area (TPSA) is 35.1 Å². The van der Waals surface area contributed by atoms with Crippen LogP contribution in [0.2, 0.25) is 0 Å². The minimum atomic E-state index is 0. The van der Waals surface area contributed by atoms with E-state index in [1.54, 1.807) is 6.92 Å². The minimum absolute atomic E-state index is 0. The van der Waals surface area contributed by atoms with Crippen LogP contribution < -0.4 is 29.3 Å². The molecule has 1 N–H and O–H groups in total. The van der Waals surface area contributed by atoms with Gasteiger partial charge in [-0.05, 0) is 13.1 Å². The van der Waals surface area contributed by atoms with Crippen molar-refractivity contribution in [3.63, 3.8) is 0 Å². The van der Waals surface area contributed by atoms with E-state index in [9.17, 15) is 0 Å². The molecule has 52 valence electrons. The number of rotatable bonds is 2. The normalized spacial score (nSPS) is 6.67. The van der Waals surface area contributed by atoms with Gasteiger partial charge in [0.2, 0.25) is 0 Å². The molecule has 3 heteroatoms. The van der Waals surface area contributed by atoms with Crippen LogP contribution in [0.5, 0.6) is 0 Å². The Morgan fingerprint density at radius 1 is 1.11 bits per heavy atom. The second-order valence-corrected chi connectivity index (χ2v) is 1.25. The van der Waals surface area contributed by atoms with E-state index in [0.717, 1.165) is 13.1 Å². The fraction of sp³-hybridized carbons (Fsp3) is 1.00. The van der Waals surface area contributed by atoms with Crippen LogP contribution in [0, 0.1) is 0 Å². The number of nitrogens with one attached hydrogen (secondary N) is 1. The van der Waals surface area contributed by atoms with Crippen molar-refractivity contribution >= 4 is 0 Å². The molecule has 0 amide bonds. The van der Waals surface area contributed by atoms with Crippen molar-refractivity contribution in [3.05, 3.63) is 0 Å². The number of hydrogen-bond donors (Lipinski definition) is 1. The van der Waals surface area contributed by atoms with Gasteiger partial charge < -0.3 is 10.4 Å². The zero-order valence-corrected chi connectivity index (χ0v) is 7.03. The van der Waals surface area contributed by atoms with E-state index in [1.807, 2.05) is 0 Å². The van der Waals surface area contributed by atoms with Crippen molar-refractivity contribution in [1.82, 2.24) is 5.32 Å². The van der Waals surface area contributed by atoms with Gasteiger partial charge in [0, 0.05) is 0 Å². The molecule has 2 nitrogen and oxygen atoms in total. The van der Waals surface area contributed by atoms with E-state index in [1.165, 1.54) is 0 Å². The third-order valence-corrected chi connectivity index (χ3v) is 0.500. The van der Waals surface area contributed by atoms with Crippen LogP contribution in [0.15, 0.2) is 0 Å². The van der Waals surface area contributed by atoms with Crippen LogP contribution in [0.1, 0.15) is 20.8 Å². The molecular weight excluding hydrogens is 109 g/mol. The van der Waals surface area contributed by atoms with Crippen LogP contribution in [0.4, 0.5) is 0 Å². The van der Waals surface area contributed by atoms with E-state index in [-0.39, 0.29) is 25.5 Å². The first kappa shape index (κ1) is 16.3.